The molecule has 0 aromatic carbocycles. The van der Waals surface area contributed by atoms with Gasteiger partial charge in [-0.3, -0.25) is 9.48 Å². The standard InChI is InChI=1S/C15H27N5O/c1-13(12-16)15(21)18(2)14-4-8-19(9-5-14)10-11-20-7-3-6-17-20/h3,6-7,13-14H,4-5,8-12,16H2,1-2H3. The van der Waals surface area contributed by atoms with Gasteiger partial charge in [0.25, 0.3) is 0 Å². The van der Waals surface area contributed by atoms with Gasteiger partial charge in [0.1, 0.15) is 0 Å². The average molecular weight is 293 g/mol. The molecule has 1 fully saturated rings. The lowest BCUT2D eigenvalue weighted by atomic mass is 10.0. The Morgan fingerprint density at radius 3 is 2.71 bits per heavy atom. The van der Waals surface area contributed by atoms with Crippen LogP contribution in [0.15, 0.2) is 18.5 Å². The number of amides is 1. The molecule has 1 atom stereocenters. The minimum atomic E-state index is -0.0761. The lowest BCUT2D eigenvalue weighted by molar-refractivity contribution is -0.136. The summed E-state index contributed by atoms with van der Waals surface area (Å²) >= 11 is 0. The van der Waals surface area contributed by atoms with Gasteiger partial charge in [-0.25, -0.2) is 0 Å². The first-order valence-corrected chi connectivity index (χ1v) is 7.78. The number of nitrogens with two attached hydrogens (primary N) is 1. The molecule has 6 nitrogen and oxygen atoms in total. The summed E-state index contributed by atoms with van der Waals surface area (Å²) in [6.45, 7) is 6.35. The first-order chi connectivity index (χ1) is 10.1. The van der Waals surface area contributed by atoms with E-state index in [4.69, 9.17) is 5.73 Å². The summed E-state index contributed by atoms with van der Waals surface area (Å²) in [5.41, 5.74) is 5.58. The molecule has 0 saturated carbocycles. The maximum atomic E-state index is 12.2. The van der Waals surface area contributed by atoms with E-state index < -0.39 is 0 Å². The number of hydrogen-bond acceptors (Lipinski definition) is 4. The zero-order chi connectivity index (χ0) is 15.2. The van der Waals surface area contributed by atoms with Gasteiger partial charge in [0.15, 0.2) is 0 Å². The van der Waals surface area contributed by atoms with Crippen LogP contribution in [0.1, 0.15) is 19.8 Å². The summed E-state index contributed by atoms with van der Waals surface area (Å²) in [5.74, 6) is 0.0975. The van der Waals surface area contributed by atoms with Crippen LogP contribution in [0.4, 0.5) is 0 Å². The zero-order valence-corrected chi connectivity index (χ0v) is 13.1. The number of rotatable bonds is 6. The highest BCUT2D eigenvalue weighted by atomic mass is 16.2. The van der Waals surface area contributed by atoms with Crippen molar-refractivity contribution in [3.05, 3.63) is 18.5 Å². The molecule has 1 aliphatic rings. The maximum Gasteiger partial charge on any atom is 0.226 e. The molecule has 1 aromatic heterocycles. The molecule has 1 unspecified atom stereocenters. The Bertz CT molecular complexity index is 425. The highest BCUT2D eigenvalue weighted by Gasteiger charge is 2.27. The Balaban J connectivity index is 1.73. The fourth-order valence-electron chi connectivity index (χ4n) is 2.84. The van der Waals surface area contributed by atoms with Crippen molar-refractivity contribution in [1.29, 1.82) is 0 Å². The molecular weight excluding hydrogens is 266 g/mol. The van der Waals surface area contributed by atoms with E-state index in [2.05, 4.69) is 10.00 Å². The van der Waals surface area contributed by atoms with Crippen LogP contribution in [0.3, 0.4) is 0 Å². The molecule has 21 heavy (non-hydrogen) atoms. The number of aromatic nitrogens is 2. The lowest BCUT2D eigenvalue weighted by Crippen LogP contribution is -2.48. The second-order valence-corrected chi connectivity index (χ2v) is 5.93. The van der Waals surface area contributed by atoms with E-state index in [1.807, 2.05) is 42.0 Å². The van der Waals surface area contributed by atoms with E-state index in [1.165, 1.54) is 0 Å². The molecule has 0 radical (unpaired) electrons. The molecule has 1 amide bonds. The van der Waals surface area contributed by atoms with Gasteiger partial charge >= 0.3 is 0 Å². The quantitative estimate of drug-likeness (QED) is 0.824. The smallest absolute Gasteiger partial charge is 0.226 e. The van der Waals surface area contributed by atoms with E-state index in [9.17, 15) is 4.79 Å². The molecule has 2 N–H and O–H groups in total. The predicted octanol–water partition coefficient (Wildman–Crippen LogP) is 0.401. The van der Waals surface area contributed by atoms with Crippen molar-refractivity contribution in [1.82, 2.24) is 19.6 Å². The molecule has 0 aliphatic carbocycles. The van der Waals surface area contributed by atoms with Crippen LogP contribution in [0, 0.1) is 5.92 Å². The minimum absolute atomic E-state index is 0.0761. The summed E-state index contributed by atoms with van der Waals surface area (Å²) in [7, 11) is 1.92. The molecule has 118 valence electrons. The van der Waals surface area contributed by atoms with Crippen LogP contribution < -0.4 is 5.73 Å². The molecule has 1 saturated heterocycles. The van der Waals surface area contributed by atoms with Crippen molar-refractivity contribution >= 4 is 5.91 Å². The third-order valence-corrected chi connectivity index (χ3v) is 4.43. The van der Waals surface area contributed by atoms with Crippen molar-refractivity contribution in [2.75, 3.05) is 33.2 Å². The Kier molecular flexibility index (Phi) is 5.76. The van der Waals surface area contributed by atoms with Crippen LogP contribution in [0.5, 0.6) is 0 Å². The number of carbonyl (C=O) groups is 1. The summed E-state index contributed by atoms with van der Waals surface area (Å²) in [5, 5.41) is 4.22. The molecular formula is C15H27N5O. The zero-order valence-electron chi connectivity index (χ0n) is 13.1. The normalized spacial score (nSPS) is 18.6. The lowest BCUT2D eigenvalue weighted by Gasteiger charge is -2.37. The van der Waals surface area contributed by atoms with Gasteiger partial charge in [-0.05, 0) is 18.9 Å². The number of piperidine rings is 1. The van der Waals surface area contributed by atoms with Gasteiger partial charge in [0, 0.05) is 57.6 Å². The number of carbonyl (C=O) groups excluding carboxylic acids is 1. The average Bonchev–Trinajstić information content (AvgIpc) is 3.04. The second kappa shape index (κ2) is 7.56. The molecule has 1 aromatic rings. The Morgan fingerprint density at radius 1 is 1.43 bits per heavy atom. The van der Waals surface area contributed by atoms with Gasteiger partial charge in [0.2, 0.25) is 5.91 Å². The number of likely N-dealkylation sites (tertiary alicyclic amines) is 1. The first kappa shape index (κ1) is 16.0. The third-order valence-electron chi connectivity index (χ3n) is 4.43. The Hall–Kier alpha value is -1.40. The van der Waals surface area contributed by atoms with Gasteiger partial charge in [-0.2, -0.15) is 5.10 Å². The van der Waals surface area contributed by atoms with Crippen molar-refractivity contribution in [3.63, 3.8) is 0 Å². The van der Waals surface area contributed by atoms with Gasteiger partial charge in [0.05, 0.1) is 6.54 Å². The summed E-state index contributed by atoms with van der Waals surface area (Å²) in [4.78, 5) is 16.5. The van der Waals surface area contributed by atoms with Gasteiger partial charge in [-0.1, -0.05) is 6.92 Å². The highest BCUT2D eigenvalue weighted by molar-refractivity contribution is 5.78. The van der Waals surface area contributed by atoms with E-state index >= 15 is 0 Å². The molecule has 2 rings (SSSR count). The molecule has 0 bridgehead atoms. The number of nitrogens with zero attached hydrogens (tertiary/aromatic N) is 4. The van der Waals surface area contributed by atoms with Crippen molar-refractivity contribution < 1.29 is 4.79 Å². The summed E-state index contributed by atoms with van der Waals surface area (Å²) in [6.07, 6.45) is 5.89. The topological polar surface area (TPSA) is 67.4 Å². The second-order valence-electron chi connectivity index (χ2n) is 5.93. The monoisotopic (exact) mass is 293 g/mol. The van der Waals surface area contributed by atoms with Crippen molar-refractivity contribution in [2.24, 2.45) is 11.7 Å². The van der Waals surface area contributed by atoms with E-state index in [0.717, 1.165) is 39.0 Å². The fraction of sp³-hybridized carbons (Fsp3) is 0.733. The Labute approximate surface area is 126 Å². The van der Waals surface area contributed by atoms with Crippen LogP contribution in [0.25, 0.3) is 0 Å². The van der Waals surface area contributed by atoms with Crippen molar-refractivity contribution in [2.45, 2.75) is 32.4 Å². The summed E-state index contributed by atoms with van der Waals surface area (Å²) in [6, 6.07) is 2.30. The van der Waals surface area contributed by atoms with Gasteiger partial charge < -0.3 is 15.5 Å². The van der Waals surface area contributed by atoms with Crippen LogP contribution in [0.2, 0.25) is 0 Å². The minimum Gasteiger partial charge on any atom is -0.342 e. The van der Waals surface area contributed by atoms with Crippen LogP contribution in [-0.4, -0.2) is 64.8 Å². The third kappa shape index (κ3) is 4.28. The highest BCUT2D eigenvalue weighted by Crippen LogP contribution is 2.17. The molecule has 2 heterocycles. The van der Waals surface area contributed by atoms with E-state index in [-0.39, 0.29) is 11.8 Å². The Morgan fingerprint density at radius 2 is 2.14 bits per heavy atom. The van der Waals surface area contributed by atoms with Crippen molar-refractivity contribution in [3.8, 4) is 0 Å². The van der Waals surface area contributed by atoms with E-state index in [1.54, 1.807) is 0 Å². The fourth-order valence-corrected chi connectivity index (χ4v) is 2.84. The number of hydrogen-bond donors (Lipinski definition) is 1. The SMILES string of the molecule is CC(CN)C(=O)N(C)C1CCN(CCn2cccn2)CC1. The largest absolute Gasteiger partial charge is 0.342 e. The molecule has 0 spiro atoms. The van der Waals surface area contributed by atoms with E-state index in [0.29, 0.717) is 12.6 Å². The molecule has 6 heteroatoms. The van der Waals surface area contributed by atoms with Crippen LogP contribution >= 0.6 is 0 Å². The first-order valence-electron chi connectivity index (χ1n) is 7.78. The van der Waals surface area contributed by atoms with Gasteiger partial charge in [-0.15, -0.1) is 0 Å². The summed E-state index contributed by atoms with van der Waals surface area (Å²) < 4.78 is 1.96. The maximum absolute atomic E-state index is 12.2. The van der Waals surface area contributed by atoms with Crippen LogP contribution in [-0.2, 0) is 11.3 Å². The molecule has 1 aliphatic heterocycles. The predicted molar refractivity (Wildman–Crippen MR) is 82.7 cm³/mol.